The van der Waals surface area contributed by atoms with E-state index in [1.165, 1.54) is 17.0 Å². The summed E-state index contributed by atoms with van der Waals surface area (Å²) in [4.78, 5) is 32.0. The number of aromatic amines is 1. The van der Waals surface area contributed by atoms with E-state index in [4.69, 9.17) is 0 Å². The Bertz CT molecular complexity index is 1230. The monoisotopic (exact) mass is 368 g/mol. The normalized spacial score (nSPS) is 11.2. The predicted molar refractivity (Wildman–Crippen MR) is 96.1 cm³/mol. The van der Waals surface area contributed by atoms with E-state index in [2.05, 4.69) is 15.3 Å². The molecule has 1 amide bonds. The van der Waals surface area contributed by atoms with Crippen molar-refractivity contribution in [2.24, 2.45) is 0 Å². The first-order chi connectivity index (χ1) is 13.0. The van der Waals surface area contributed by atoms with Gasteiger partial charge in [-0.1, -0.05) is 24.3 Å². The number of nitrogens with zero attached hydrogens (tertiary/aromatic N) is 2. The van der Waals surface area contributed by atoms with Crippen LogP contribution in [0.15, 0.2) is 53.6 Å². The zero-order chi connectivity index (χ0) is 19.0. The zero-order valence-electron chi connectivity index (χ0n) is 14.0. The first kappa shape index (κ1) is 16.9. The van der Waals surface area contributed by atoms with E-state index >= 15 is 0 Å². The molecule has 6 nitrogen and oxygen atoms in total. The third-order valence-corrected chi connectivity index (χ3v) is 4.28. The minimum absolute atomic E-state index is 0.109. The summed E-state index contributed by atoms with van der Waals surface area (Å²) in [7, 11) is 0. The number of amides is 1. The second kappa shape index (κ2) is 6.64. The molecule has 8 heteroatoms. The van der Waals surface area contributed by atoms with Crippen LogP contribution in [0.5, 0.6) is 0 Å². The third kappa shape index (κ3) is 3.17. The van der Waals surface area contributed by atoms with Crippen molar-refractivity contribution in [2.75, 3.05) is 0 Å². The van der Waals surface area contributed by atoms with Gasteiger partial charge in [-0.3, -0.25) is 14.2 Å². The van der Waals surface area contributed by atoms with Gasteiger partial charge in [0, 0.05) is 29.1 Å². The molecular weight excluding hydrogens is 354 g/mol. The van der Waals surface area contributed by atoms with E-state index in [-0.39, 0.29) is 24.2 Å². The summed E-state index contributed by atoms with van der Waals surface area (Å²) in [5.41, 5.74) is 1.42. The highest BCUT2D eigenvalue weighted by Gasteiger charge is 2.13. The maximum Gasteiger partial charge on any atom is 0.278 e. The molecule has 4 rings (SSSR count). The van der Waals surface area contributed by atoms with Crippen LogP contribution < -0.4 is 10.9 Å². The molecule has 0 atom stereocenters. The highest BCUT2D eigenvalue weighted by Crippen LogP contribution is 2.20. The molecule has 0 spiro atoms. The summed E-state index contributed by atoms with van der Waals surface area (Å²) in [5, 5.41) is 3.34. The SMILES string of the molecule is O=C(Cn1cnc2c([nH]c3ccccc32)c1=O)NCc1ccc(F)cc1F. The van der Waals surface area contributed by atoms with Gasteiger partial charge >= 0.3 is 0 Å². The molecule has 2 aromatic heterocycles. The van der Waals surface area contributed by atoms with Crippen molar-refractivity contribution in [3.05, 3.63) is 76.3 Å². The van der Waals surface area contributed by atoms with Gasteiger partial charge in [-0.05, 0) is 12.1 Å². The van der Waals surface area contributed by atoms with Gasteiger partial charge in [0.15, 0.2) is 0 Å². The second-order valence-corrected chi connectivity index (χ2v) is 6.08. The van der Waals surface area contributed by atoms with E-state index in [1.807, 2.05) is 24.3 Å². The Morgan fingerprint density at radius 3 is 2.81 bits per heavy atom. The van der Waals surface area contributed by atoms with Crippen LogP contribution in [0.25, 0.3) is 21.9 Å². The number of hydrogen-bond acceptors (Lipinski definition) is 3. The predicted octanol–water partition coefficient (Wildman–Crippen LogP) is 2.47. The number of carbonyl (C=O) groups excluding carboxylic acids is 1. The molecule has 2 aromatic carbocycles. The molecule has 4 aromatic rings. The highest BCUT2D eigenvalue weighted by molar-refractivity contribution is 6.04. The van der Waals surface area contributed by atoms with Crippen LogP contribution in [-0.4, -0.2) is 20.4 Å². The summed E-state index contributed by atoms with van der Waals surface area (Å²) >= 11 is 0. The van der Waals surface area contributed by atoms with E-state index in [0.29, 0.717) is 11.0 Å². The van der Waals surface area contributed by atoms with Crippen LogP contribution in [0, 0.1) is 11.6 Å². The number of carbonyl (C=O) groups is 1. The number of para-hydroxylation sites is 1. The summed E-state index contributed by atoms with van der Waals surface area (Å²) in [6, 6.07) is 10.5. The molecule has 0 unspecified atom stereocenters. The topological polar surface area (TPSA) is 79.8 Å². The van der Waals surface area contributed by atoms with Gasteiger partial charge in [0.1, 0.15) is 29.2 Å². The van der Waals surface area contributed by atoms with E-state index in [0.717, 1.165) is 23.0 Å². The molecule has 2 N–H and O–H groups in total. The van der Waals surface area contributed by atoms with Gasteiger partial charge in [0.25, 0.3) is 5.56 Å². The van der Waals surface area contributed by atoms with Crippen LogP contribution in [0.1, 0.15) is 5.56 Å². The first-order valence-electron chi connectivity index (χ1n) is 8.19. The lowest BCUT2D eigenvalue weighted by atomic mass is 10.2. The van der Waals surface area contributed by atoms with Crippen molar-refractivity contribution >= 4 is 27.8 Å². The lowest BCUT2D eigenvalue weighted by molar-refractivity contribution is -0.121. The van der Waals surface area contributed by atoms with Crippen LogP contribution in [0.4, 0.5) is 8.78 Å². The van der Waals surface area contributed by atoms with Gasteiger partial charge in [-0.15, -0.1) is 0 Å². The van der Waals surface area contributed by atoms with Gasteiger partial charge in [-0.25, -0.2) is 13.8 Å². The lowest BCUT2D eigenvalue weighted by Crippen LogP contribution is -2.32. The molecule has 0 saturated carbocycles. The molecular formula is C19H14F2N4O2. The van der Waals surface area contributed by atoms with Crippen molar-refractivity contribution in [1.82, 2.24) is 19.9 Å². The largest absolute Gasteiger partial charge is 0.350 e. The number of rotatable bonds is 4. The van der Waals surface area contributed by atoms with Gasteiger partial charge in [0.05, 0.1) is 6.33 Å². The zero-order valence-corrected chi connectivity index (χ0v) is 14.0. The Labute approximate surface area is 151 Å². The molecule has 0 bridgehead atoms. The third-order valence-electron chi connectivity index (χ3n) is 4.28. The average Bonchev–Trinajstić information content (AvgIpc) is 3.03. The number of nitrogens with one attached hydrogen (secondary N) is 2. The van der Waals surface area contributed by atoms with Crippen molar-refractivity contribution in [3.63, 3.8) is 0 Å². The minimum atomic E-state index is -0.742. The fraction of sp³-hybridized carbons (Fsp3) is 0.105. The van der Waals surface area contributed by atoms with Crippen LogP contribution in [-0.2, 0) is 17.9 Å². The van der Waals surface area contributed by atoms with Crippen LogP contribution >= 0.6 is 0 Å². The molecule has 0 radical (unpaired) electrons. The summed E-state index contributed by atoms with van der Waals surface area (Å²) in [6.45, 7) is -0.373. The molecule has 0 fully saturated rings. The first-order valence-corrected chi connectivity index (χ1v) is 8.19. The number of hydrogen-bond donors (Lipinski definition) is 2. The van der Waals surface area contributed by atoms with Crippen LogP contribution in [0.2, 0.25) is 0 Å². The Morgan fingerprint density at radius 1 is 1.19 bits per heavy atom. The molecule has 0 aliphatic heterocycles. The van der Waals surface area contributed by atoms with Gasteiger partial charge in [-0.2, -0.15) is 0 Å². The van der Waals surface area contributed by atoms with E-state index in [9.17, 15) is 18.4 Å². The standard InChI is InChI=1S/C19H14F2N4O2/c20-12-6-5-11(14(21)7-12)8-22-16(26)9-25-10-23-17-13-3-1-2-4-15(13)24-18(17)19(25)27/h1-7,10,24H,8-9H2,(H,22,26). The molecule has 0 saturated heterocycles. The molecule has 2 heterocycles. The van der Waals surface area contributed by atoms with Gasteiger partial charge in [0.2, 0.25) is 5.91 Å². The van der Waals surface area contributed by atoms with E-state index < -0.39 is 17.5 Å². The van der Waals surface area contributed by atoms with Gasteiger partial charge < -0.3 is 10.3 Å². The minimum Gasteiger partial charge on any atom is -0.350 e. The molecule has 0 aliphatic rings. The quantitative estimate of drug-likeness (QED) is 0.581. The average molecular weight is 368 g/mol. The number of benzene rings is 2. The van der Waals surface area contributed by atoms with Crippen molar-refractivity contribution < 1.29 is 13.6 Å². The van der Waals surface area contributed by atoms with Crippen molar-refractivity contribution in [3.8, 4) is 0 Å². The fourth-order valence-corrected chi connectivity index (χ4v) is 2.92. The maximum absolute atomic E-state index is 13.6. The number of H-pyrrole nitrogens is 1. The summed E-state index contributed by atoms with van der Waals surface area (Å²) in [5.74, 6) is -1.92. The maximum atomic E-state index is 13.6. The lowest BCUT2D eigenvalue weighted by Gasteiger charge is -2.08. The summed E-state index contributed by atoms with van der Waals surface area (Å²) < 4.78 is 27.7. The van der Waals surface area contributed by atoms with Crippen molar-refractivity contribution in [1.29, 1.82) is 0 Å². The van der Waals surface area contributed by atoms with Crippen LogP contribution in [0.3, 0.4) is 0 Å². The fourth-order valence-electron chi connectivity index (χ4n) is 2.92. The molecule has 27 heavy (non-hydrogen) atoms. The second-order valence-electron chi connectivity index (χ2n) is 6.08. The smallest absolute Gasteiger partial charge is 0.278 e. The van der Waals surface area contributed by atoms with E-state index in [1.54, 1.807) is 0 Å². The number of halogens is 2. The molecule has 0 aliphatic carbocycles. The summed E-state index contributed by atoms with van der Waals surface area (Å²) in [6.07, 6.45) is 1.31. The Kier molecular flexibility index (Phi) is 4.15. The molecule has 136 valence electrons. The Hall–Kier alpha value is -3.55. The van der Waals surface area contributed by atoms with Crippen molar-refractivity contribution in [2.45, 2.75) is 13.1 Å². The number of fused-ring (bicyclic) bond motifs is 3. The Morgan fingerprint density at radius 2 is 2.00 bits per heavy atom. The number of aromatic nitrogens is 3. The highest BCUT2D eigenvalue weighted by atomic mass is 19.1. The Balaban J connectivity index is 1.54.